The number of allylic oxidation sites excluding steroid dienone is 3. The molecule has 4 heteroatoms. The number of rotatable bonds is 11. The predicted octanol–water partition coefficient (Wildman–Crippen LogP) is 10.2. The molecular formula is C59H69NO3. The first-order chi connectivity index (χ1) is 31.2. The van der Waals surface area contributed by atoms with Gasteiger partial charge < -0.3 is 14.2 Å². The van der Waals surface area contributed by atoms with Crippen molar-refractivity contribution in [3.8, 4) is 0 Å². The fraction of sp³-hybridized carbons (Fsp3) is 0.763. The van der Waals surface area contributed by atoms with E-state index in [0.29, 0.717) is 37.9 Å². The second-order valence-electron chi connectivity index (χ2n) is 26.6. The van der Waals surface area contributed by atoms with Crippen LogP contribution >= 0.6 is 0 Å². The molecule has 28 atom stereocenters. The molecule has 0 bridgehead atoms. The Kier molecular flexibility index (Phi) is 6.41. The molecule has 2 aromatic carbocycles. The fourth-order valence-electron chi connectivity index (χ4n) is 27.4. The fourth-order valence-corrected chi connectivity index (χ4v) is 27.4. The number of fused-ring (bicyclic) bond motifs is 2. The van der Waals surface area contributed by atoms with Gasteiger partial charge in [0.1, 0.15) is 0 Å². The molecule has 328 valence electrons. The van der Waals surface area contributed by atoms with Crippen molar-refractivity contribution >= 4 is 10.8 Å². The van der Waals surface area contributed by atoms with E-state index in [4.69, 9.17) is 14.2 Å². The Bertz CT molecular complexity index is 2480. The van der Waals surface area contributed by atoms with Crippen molar-refractivity contribution in [1.82, 2.24) is 4.90 Å². The van der Waals surface area contributed by atoms with Gasteiger partial charge >= 0.3 is 0 Å². The SMILES string of the molecule is CCOCCOCCOCCN1CC2C3=C4C5C6=C(C3)CC3CC7CC8CC9CC%10CC%11CC2(C2C4C4C5C5C(C63)C7C3C8C9C6C%10C(C4C6C35)C%112)C1c1cccc2ccccc12. The van der Waals surface area contributed by atoms with E-state index in [9.17, 15) is 0 Å². The highest BCUT2D eigenvalue weighted by Gasteiger charge is 2.88. The van der Waals surface area contributed by atoms with E-state index >= 15 is 0 Å². The van der Waals surface area contributed by atoms with Crippen molar-refractivity contribution in [3.63, 3.8) is 0 Å². The van der Waals surface area contributed by atoms with Crippen LogP contribution in [0.2, 0.25) is 0 Å². The lowest BCUT2D eigenvalue weighted by Crippen LogP contribution is -2.59. The molecule has 2 aromatic rings. The molecule has 0 radical (unpaired) electrons. The van der Waals surface area contributed by atoms with E-state index in [1.807, 2.05) is 0 Å². The largest absolute Gasteiger partial charge is 0.379 e. The highest BCUT2D eigenvalue weighted by atomic mass is 16.5. The number of hydrogen-bond acceptors (Lipinski definition) is 4. The Morgan fingerprint density at radius 1 is 0.571 bits per heavy atom. The van der Waals surface area contributed by atoms with Crippen molar-refractivity contribution in [1.29, 1.82) is 0 Å². The summed E-state index contributed by atoms with van der Waals surface area (Å²) in [6, 6.07) is 17.6. The molecule has 1 heterocycles. The first-order valence-corrected chi connectivity index (χ1v) is 27.6. The molecule has 13 saturated carbocycles. The molecule has 63 heavy (non-hydrogen) atoms. The van der Waals surface area contributed by atoms with Gasteiger partial charge in [0, 0.05) is 43.0 Å². The maximum absolute atomic E-state index is 6.58. The number of hydrogen-bond donors (Lipinski definition) is 0. The summed E-state index contributed by atoms with van der Waals surface area (Å²) in [5.41, 5.74) is 10.7. The quantitative estimate of drug-likeness (QED) is 0.167. The van der Waals surface area contributed by atoms with Crippen LogP contribution in [0.15, 0.2) is 64.8 Å². The van der Waals surface area contributed by atoms with Gasteiger partial charge in [-0.3, -0.25) is 4.90 Å². The van der Waals surface area contributed by atoms with Crippen molar-refractivity contribution in [2.24, 2.45) is 159 Å². The molecule has 1 aliphatic heterocycles. The summed E-state index contributed by atoms with van der Waals surface area (Å²) in [6.07, 6.45) is 12.8. The zero-order valence-corrected chi connectivity index (χ0v) is 37.6. The molecule has 0 amide bonds. The second-order valence-corrected chi connectivity index (χ2v) is 26.6. The lowest BCUT2D eigenvalue weighted by atomic mass is 9.41. The molecule has 4 nitrogen and oxygen atoms in total. The minimum absolute atomic E-state index is 0.356. The van der Waals surface area contributed by atoms with Crippen LogP contribution in [-0.2, 0) is 14.2 Å². The lowest BCUT2D eigenvalue weighted by molar-refractivity contribution is -0.149. The highest BCUT2D eigenvalue weighted by Crippen LogP contribution is 2.93. The zero-order chi connectivity index (χ0) is 40.1. The van der Waals surface area contributed by atoms with Gasteiger partial charge in [0.15, 0.2) is 0 Å². The normalized spacial score (nSPS) is 59.6. The standard InChI is InChI=1S/C59H69NO3/c1-2-61-12-13-63-15-14-62-11-10-60-24-36-35-22-31-20-28-18-29-17-26-16-27-19-30-21-32-23-59(36,58(60)34-9-5-7-25-6-3-4-8-33(25)34)57-43(32)48-42(30)47-38(27)37(26)45-41(29)46-39(28)40(31)49-44(35)56(57)55-53(48)51(47)50(45)52(46)54(49)55/h3-9,26-30,32,36-39,41-43,45-58H,2,10-24H2,1H3. The van der Waals surface area contributed by atoms with Crippen LogP contribution in [0.25, 0.3) is 10.8 Å². The van der Waals surface area contributed by atoms with Gasteiger partial charge in [-0.2, -0.15) is 0 Å². The number of ether oxygens (including phenoxy) is 3. The molecule has 0 N–H and O–H groups in total. The molecule has 19 rings (SSSR count). The minimum atomic E-state index is 0.356. The molecule has 14 fully saturated rings. The minimum Gasteiger partial charge on any atom is -0.379 e. The smallest absolute Gasteiger partial charge is 0.0701 e. The monoisotopic (exact) mass is 840 g/mol. The van der Waals surface area contributed by atoms with Crippen LogP contribution in [0.3, 0.4) is 0 Å². The predicted molar refractivity (Wildman–Crippen MR) is 241 cm³/mol. The highest BCUT2D eigenvalue weighted by molar-refractivity contribution is 5.86. The van der Waals surface area contributed by atoms with Crippen molar-refractivity contribution in [3.05, 3.63) is 70.3 Å². The molecule has 28 unspecified atom stereocenters. The maximum atomic E-state index is 6.58. The third-order valence-corrected chi connectivity index (χ3v) is 26.5. The summed E-state index contributed by atoms with van der Waals surface area (Å²) in [7, 11) is 0. The van der Waals surface area contributed by atoms with Gasteiger partial charge in [0.25, 0.3) is 0 Å². The summed E-state index contributed by atoms with van der Waals surface area (Å²) in [4.78, 5) is 3.11. The third-order valence-electron chi connectivity index (χ3n) is 26.5. The van der Waals surface area contributed by atoms with Crippen molar-refractivity contribution in [2.45, 2.75) is 64.3 Å². The summed E-state index contributed by atoms with van der Waals surface area (Å²) in [5.74, 6) is 27.5. The van der Waals surface area contributed by atoms with Gasteiger partial charge in [-0.05, 0) is 217 Å². The van der Waals surface area contributed by atoms with E-state index in [1.54, 1.807) is 49.5 Å². The summed E-state index contributed by atoms with van der Waals surface area (Å²) >= 11 is 0. The summed E-state index contributed by atoms with van der Waals surface area (Å²) in [5, 5.41) is 3.01. The van der Waals surface area contributed by atoms with E-state index in [0.717, 1.165) is 174 Å². The van der Waals surface area contributed by atoms with E-state index in [2.05, 4.69) is 76.6 Å². The Balaban J connectivity index is 0.822. The molecule has 0 aromatic heterocycles. The van der Waals surface area contributed by atoms with Crippen LogP contribution in [0.4, 0.5) is 0 Å². The van der Waals surface area contributed by atoms with Crippen LogP contribution < -0.4 is 0 Å². The van der Waals surface area contributed by atoms with E-state index in [-0.39, 0.29) is 0 Å². The Morgan fingerprint density at radius 3 is 2.00 bits per heavy atom. The average molecular weight is 840 g/mol. The average Bonchev–Trinajstić information content (AvgIpc) is 4.16. The third kappa shape index (κ3) is 3.60. The molecule has 16 aliphatic carbocycles. The Morgan fingerprint density at radius 2 is 1.19 bits per heavy atom. The second kappa shape index (κ2) is 11.5. The van der Waals surface area contributed by atoms with Crippen LogP contribution in [0.1, 0.15) is 69.9 Å². The summed E-state index contributed by atoms with van der Waals surface area (Å²) in [6.45, 7) is 8.66. The van der Waals surface area contributed by atoms with Crippen LogP contribution in [-0.4, -0.2) is 57.6 Å². The van der Waals surface area contributed by atoms with E-state index < -0.39 is 0 Å². The zero-order valence-electron chi connectivity index (χ0n) is 37.6. The molecule has 1 saturated heterocycles. The maximum Gasteiger partial charge on any atom is 0.0701 e. The van der Waals surface area contributed by atoms with Gasteiger partial charge in [0.2, 0.25) is 0 Å². The lowest BCUT2D eigenvalue weighted by Gasteiger charge is -2.62. The van der Waals surface area contributed by atoms with Crippen LogP contribution in [0, 0.1) is 159 Å². The Hall–Kier alpha value is -1.98. The Labute approximate surface area is 375 Å². The van der Waals surface area contributed by atoms with Gasteiger partial charge in [-0.1, -0.05) is 64.8 Å². The van der Waals surface area contributed by atoms with Crippen molar-refractivity contribution < 1.29 is 14.2 Å². The number of likely N-dealkylation sites (tertiary alicyclic amines) is 1. The number of benzene rings is 2. The van der Waals surface area contributed by atoms with Gasteiger partial charge in [-0.15, -0.1) is 0 Å². The first kappa shape index (κ1) is 35.2. The van der Waals surface area contributed by atoms with Crippen LogP contribution in [0.5, 0.6) is 0 Å². The topological polar surface area (TPSA) is 30.9 Å². The molecule has 17 aliphatic rings. The van der Waals surface area contributed by atoms with E-state index in [1.165, 1.54) is 24.8 Å². The van der Waals surface area contributed by atoms with Gasteiger partial charge in [0.05, 0.1) is 33.0 Å². The molecular weight excluding hydrogens is 771 g/mol. The molecule has 1 spiro atoms. The van der Waals surface area contributed by atoms with Crippen molar-refractivity contribution in [2.75, 3.05) is 52.7 Å². The summed E-state index contributed by atoms with van der Waals surface area (Å²) < 4.78 is 18.1. The van der Waals surface area contributed by atoms with Gasteiger partial charge in [-0.25, -0.2) is 0 Å². The first-order valence-electron chi connectivity index (χ1n) is 27.6. The number of nitrogens with zero attached hydrogens (tertiary/aromatic N) is 1.